The molecule has 6 heteroatoms. The Bertz CT molecular complexity index is 1290. The Balaban J connectivity index is 4.01. The normalized spacial score (nSPS) is 12.4. The Hall–Kier alpha value is -2.89. The minimum atomic E-state index is -0.766. The smallest absolute Gasteiger partial charge is 0.306 e. The summed E-state index contributed by atoms with van der Waals surface area (Å²) in [5.41, 5.74) is 0. The van der Waals surface area contributed by atoms with E-state index in [-0.39, 0.29) is 31.1 Å². The van der Waals surface area contributed by atoms with Gasteiger partial charge in [0.15, 0.2) is 6.10 Å². The summed E-state index contributed by atoms with van der Waals surface area (Å²) < 4.78 is 16.8. The molecule has 0 amide bonds. The van der Waals surface area contributed by atoms with Crippen molar-refractivity contribution in [2.75, 3.05) is 13.2 Å². The van der Waals surface area contributed by atoms with Crippen LogP contribution in [-0.4, -0.2) is 37.2 Å². The van der Waals surface area contributed by atoms with Gasteiger partial charge in [0.25, 0.3) is 0 Å². The zero-order valence-corrected chi connectivity index (χ0v) is 47.9. The number of ether oxygens (including phenoxy) is 3. The maximum absolute atomic E-state index is 12.8. The van der Waals surface area contributed by atoms with Gasteiger partial charge in [-0.3, -0.25) is 14.4 Å². The Morgan fingerprint density at radius 1 is 0.292 bits per heavy atom. The van der Waals surface area contributed by atoms with Gasteiger partial charge in [-0.2, -0.15) is 0 Å². The molecule has 0 heterocycles. The second-order valence-electron chi connectivity index (χ2n) is 21.0. The van der Waals surface area contributed by atoms with Crippen molar-refractivity contribution in [1.29, 1.82) is 0 Å². The van der Waals surface area contributed by atoms with Crippen LogP contribution in [0.5, 0.6) is 0 Å². The lowest BCUT2D eigenvalue weighted by Crippen LogP contribution is -2.30. The second-order valence-corrected chi connectivity index (χ2v) is 21.0. The van der Waals surface area contributed by atoms with Gasteiger partial charge in [0, 0.05) is 19.3 Å². The Kier molecular flexibility index (Phi) is 58.2. The van der Waals surface area contributed by atoms with E-state index in [4.69, 9.17) is 14.2 Å². The van der Waals surface area contributed by atoms with Crippen LogP contribution >= 0.6 is 0 Å². The highest BCUT2D eigenvalue weighted by Crippen LogP contribution is 2.17. The SMILES string of the molecule is CC/C=C\C/C=C\C/C=C\C/C=C\C/C=C\CCCCCCCCCCCCCCCCCCCC(=O)OCC(COC(=O)CCCCCCCCCCCC)OC(=O)CCCCCCCCCCCCC. The zero-order valence-electron chi connectivity index (χ0n) is 47.9. The molecule has 1 atom stereocenters. The van der Waals surface area contributed by atoms with Crippen molar-refractivity contribution in [2.45, 2.75) is 329 Å². The minimum Gasteiger partial charge on any atom is -0.462 e. The molecular weight excluding hydrogens is 889 g/mol. The first-order valence-electron chi connectivity index (χ1n) is 31.3. The number of rotatable bonds is 57. The molecule has 1 unspecified atom stereocenters. The van der Waals surface area contributed by atoms with Gasteiger partial charge >= 0.3 is 17.9 Å². The lowest BCUT2D eigenvalue weighted by molar-refractivity contribution is -0.167. The van der Waals surface area contributed by atoms with Crippen LogP contribution in [0.2, 0.25) is 0 Å². The van der Waals surface area contributed by atoms with Crippen LogP contribution in [0.3, 0.4) is 0 Å². The van der Waals surface area contributed by atoms with Gasteiger partial charge in [0.05, 0.1) is 0 Å². The molecule has 0 fully saturated rings. The maximum Gasteiger partial charge on any atom is 0.306 e. The molecule has 0 saturated carbocycles. The van der Waals surface area contributed by atoms with Crippen LogP contribution in [0.25, 0.3) is 0 Å². The monoisotopic (exact) mass is 1010 g/mol. The molecule has 0 bridgehead atoms. The lowest BCUT2D eigenvalue weighted by Gasteiger charge is -2.18. The topological polar surface area (TPSA) is 78.9 Å². The van der Waals surface area contributed by atoms with Crippen molar-refractivity contribution >= 4 is 17.9 Å². The van der Waals surface area contributed by atoms with Gasteiger partial charge in [0.1, 0.15) is 13.2 Å². The highest BCUT2D eigenvalue weighted by atomic mass is 16.6. The largest absolute Gasteiger partial charge is 0.462 e. The summed E-state index contributed by atoms with van der Waals surface area (Å²) in [4.78, 5) is 38.0. The van der Waals surface area contributed by atoms with E-state index in [9.17, 15) is 14.4 Å². The van der Waals surface area contributed by atoms with Crippen LogP contribution in [0.15, 0.2) is 60.8 Å². The third-order valence-electron chi connectivity index (χ3n) is 13.8. The number of unbranched alkanes of at least 4 members (excludes halogenated alkanes) is 36. The number of hydrogen-bond acceptors (Lipinski definition) is 6. The number of hydrogen-bond donors (Lipinski definition) is 0. The van der Waals surface area contributed by atoms with Crippen molar-refractivity contribution in [1.82, 2.24) is 0 Å². The van der Waals surface area contributed by atoms with E-state index in [2.05, 4.69) is 81.5 Å². The third-order valence-corrected chi connectivity index (χ3v) is 13.8. The Labute approximate surface area is 447 Å². The molecule has 0 aliphatic carbocycles. The van der Waals surface area contributed by atoms with Gasteiger partial charge < -0.3 is 14.2 Å². The summed E-state index contributed by atoms with van der Waals surface area (Å²) in [5, 5.41) is 0. The highest BCUT2D eigenvalue weighted by molar-refractivity contribution is 5.71. The van der Waals surface area contributed by atoms with Gasteiger partial charge in [0.2, 0.25) is 0 Å². The quantitative estimate of drug-likeness (QED) is 0.0261. The molecule has 0 radical (unpaired) electrons. The second kappa shape index (κ2) is 60.7. The van der Waals surface area contributed by atoms with E-state index >= 15 is 0 Å². The summed E-state index contributed by atoms with van der Waals surface area (Å²) in [7, 11) is 0. The van der Waals surface area contributed by atoms with E-state index in [1.807, 2.05) is 0 Å². The number of allylic oxidation sites excluding steroid dienone is 10. The van der Waals surface area contributed by atoms with Gasteiger partial charge in [-0.25, -0.2) is 0 Å². The summed E-state index contributed by atoms with van der Waals surface area (Å²) in [6.45, 7) is 6.54. The summed E-state index contributed by atoms with van der Waals surface area (Å²) in [6.07, 6.45) is 76.8. The first-order valence-corrected chi connectivity index (χ1v) is 31.3. The molecule has 0 rings (SSSR count). The molecule has 0 aliphatic heterocycles. The van der Waals surface area contributed by atoms with Gasteiger partial charge in [-0.1, -0.05) is 300 Å². The van der Waals surface area contributed by atoms with Crippen LogP contribution in [-0.2, 0) is 28.6 Å². The molecule has 0 aliphatic rings. The lowest BCUT2D eigenvalue weighted by atomic mass is 10.0. The van der Waals surface area contributed by atoms with Crippen molar-refractivity contribution < 1.29 is 28.6 Å². The predicted octanol–water partition coefficient (Wildman–Crippen LogP) is 21.2. The fourth-order valence-electron chi connectivity index (χ4n) is 9.12. The standard InChI is InChI=1S/C66H118O6/c1-4-7-10-13-16-19-22-23-24-25-26-27-28-29-30-31-32-33-34-35-36-37-38-39-40-41-42-43-45-47-50-53-56-59-65(68)71-62-63(61-70-64(67)58-55-52-49-46-21-18-15-12-9-6-3)72-66(69)60-57-54-51-48-44-20-17-14-11-8-5-2/h7,10,16,19,23-24,26-27,29-30,63H,4-6,8-9,11-15,17-18,20-22,25,28,31-62H2,1-3H3/b10-7-,19-16-,24-23-,27-26-,30-29-. The van der Waals surface area contributed by atoms with Gasteiger partial charge in [-0.05, 0) is 64.2 Å². The molecule has 0 N–H and O–H groups in total. The summed E-state index contributed by atoms with van der Waals surface area (Å²) >= 11 is 0. The first-order chi connectivity index (χ1) is 35.5. The molecular formula is C66H118O6. The Morgan fingerprint density at radius 3 is 0.847 bits per heavy atom. The fourth-order valence-corrected chi connectivity index (χ4v) is 9.12. The molecule has 6 nitrogen and oxygen atoms in total. The fraction of sp³-hybridized carbons (Fsp3) is 0.803. The van der Waals surface area contributed by atoms with Crippen LogP contribution in [0.4, 0.5) is 0 Å². The van der Waals surface area contributed by atoms with Crippen LogP contribution in [0, 0.1) is 0 Å². The van der Waals surface area contributed by atoms with Crippen LogP contribution in [0.1, 0.15) is 323 Å². The number of carbonyl (C=O) groups is 3. The van der Waals surface area contributed by atoms with Crippen LogP contribution < -0.4 is 0 Å². The van der Waals surface area contributed by atoms with Crippen molar-refractivity contribution in [2.24, 2.45) is 0 Å². The van der Waals surface area contributed by atoms with E-state index in [0.29, 0.717) is 19.3 Å². The molecule has 0 saturated heterocycles. The van der Waals surface area contributed by atoms with E-state index < -0.39 is 6.10 Å². The molecule has 0 aromatic heterocycles. The number of carbonyl (C=O) groups excluding carboxylic acids is 3. The van der Waals surface area contributed by atoms with E-state index in [0.717, 1.165) is 89.9 Å². The predicted molar refractivity (Wildman–Crippen MR) is 312 cm³/mol. The van der Waals surface area contributed by atoms with Gasteiger partial charge in [-0.15, -0.1) is 0 Å². The molecule has 0 aromatic rings. The Morgan fingerprint density at radius 2 is 0.542 bits per heavy atom. The average Bonchev–Trinajstić information content (AvgIpc) is 3.38. The zero-order chi connectivity index (χ0) is 52.2. The first kappa shape index (κ1) is 69.1. The van der Waals surface area contributed by atoms with E-state index in [1.165, 1.54) is 193 Å². The minimum absolute atomic E-state index is 0.0673. The molecule has 72 heavy (non-hydrogen) atoms. The molecule has 0 aromatic carbocycles. The maximum atomic E-state index is 12.8. The van der Waals surface area contributed by atoms with Crippen molar-refractivity contribution in [3.63, 3.8) is 0 Å². The molecule has 418 valence electrons. The average molecular weight is 1010 g/mol. The summed E-state index contributed by atoms with van der Waals surface area (Å²) in [6, 6.07) is 0. The molecule has 0 spiro atoms. The highest BCUT2D eigenvalue weighted by Gasteiger charge is 2.19. The summed E-state index contributed by atoms with van der Waals surface area (Å²) in [5.74, 6) is -0.853. The van der Waals surface area contributed by atoms with E-state index in [1.54, 1.807) is 0 Å². The van der Waals surface area contributed by atoms with Crippen molar-refractivity contribution in [3.05, 3.63) is 60.8 Å². The number of esters is 3. The van der Waals surface area contributed by atoms with Crippen molar-refractivity contribution in [3.8, 4) is 0 Å². The third kappa shape index (κ3) is 58.0.